The first-order chi connectivity index (χ1) is 9.72. The molecule has 20 heavy (non-hydrogen) atoms. The Bertz CT molecular complexity index is 468. The lowest BCUT2D eigenvalue weighted by Crippen LogP contribution is -2.36. The normalized spacial score (nSPS) is 34.0. The van der Waals surface area contributed by atoms with Crippen LogP contribution in [0.25, 0.3) is 6.08 Å². The van der Waals surface area contributed by atoms with Gasteiger partial charge in [0.2, 0.25) is 0 Å². The van der Waals surface area contributed by atoms with E-state index in [9.17, 15) is 5.11 Å². The standard InChI is InChI=1S/C17H24N2O/c18-14-6-8-15(19-11-14)7-5-13-10-16(20)9-12-3-1-2-4-17(12)13/h5-8,11-13,16-17,20H,1-4,9-10,18H2/b7-5+/t12-,13+,16-,17+/m0/s1. The van der Waals surface area contributed by atoms with Crippen molar-refractivity contribution in [2.24, 2.45) is 17.8 Å². The number of aliphatic hydroxyl groups excluding tert-OH is 1. The summed E-state index contributed by atoms with van der Waals surface area (Å²) in [7, 11) is 0. The lowest BCUT2D eigenvalue weighted by atomic mass is 9.64. The minimum absolute atomic E-state index is 0.122. The highest BCUT2D eigenvalue weighted by Gasteiger charge is 2.36. The third-order valence-corrected chi connectivity index (χ3v) is 4.96. The molecule has 0 aliphatic heterocycles. The van der Waals surface area contributed by atoms with Crippen molar-refractivity contribution in [2.75, 3.05) is 5.73 Å². The number of allylic oxidation sites excluding steroid dienone is 1. The van der Waals surface area contributed by atoms with Crippen molar-refractivity contribution in [3.05, 3.63) is 30.1 Å². The van der Waals surface area contributed by atoms with Gasteiger partial charge >= 0.3 is 0 Å². The third kappa shape index (κ3) is 3.04. The van der Waals surface area contributed by atoms with Crippen LogP contribution >= 0.6 is 0 Å². The zero-order chi connectivity index (χ0) is 13.9. The first-order valence-electron chi connectivity index (χ1n) is 7.80. The molecule has 0 amide bonds. The lowest BCUT2D eigenvalue weighted by molar-refractivity contribution is 0.0232. The molecule has 3 nitrogen and oxygen atoms in total. The van der Waals surface area contributed by atoms with Gasteiger partial charge in [0.25, 0.3) is 0 Å². The Morgan fingerprint density at radius 1 is 1.20 bits per heavy atom. The summed E-state index contributed by atoms with van der Waals surface area (Å²) in [6.45, 7) is 0. The number of hydrogen-bond donors (Lipinski definition) is 2. The van der Waals surface area contributed by atoms with E-state index in [1.165, 1.54) is 25.7 Å². The Hall–Kier alpha value is -1.35. The Kier molecular flexibility index (Phi) is 4.06. The lowest BCUT2D eigenvalue weighted by Gasteiger charge is -2.42. The number of hydrogen-bond acceptors (Lipinski definition) is 3. The summed E-state index contributed by atoms with van der Waals surface area (Å²) in [5.41, 5.74) is 7.30. The van der Waals surface area contributed by atoms with Crippen molar-refractivity contribution >= 4 is 11.8 Å². The van der Waals surface area contributed by atoms with Crippen molar-refractivity contribution in [3.63, 3.8) is 0 Å². The van der Waals surface area contributed by atoms with E-state index >= 15 is 0 Å². The van der Waals surface area contributed by atoms with Gasteiger partial charge in [-0.05, 0) is 55.2 Å². The fraction of sp³-hybridized carbons (Fsp3) is 0.588. The Morgan fingerprint density at radius 2 is 2.05 bits per heavy atom. The molecule has 0 unspecified atom stereocenters. The smallest absolute Gasteiger partial charge is 0.0628 e. The van der Waals surface area contributed by atoms with E-state index in [1.807, 2.05) is 12.1 Å². The topological polar surface area (TPSA) is 59.1 Å². The number of anilines is 1. The maximum absolute atomic E-state index is 10.1. The molecule has 0 aromatic carbocycles. The quantitative estimate of drug-likeness (QED) is 0.868. The van der Waals surface area contributed by atoms with E-state index < -0.39 is 0 Å². The zero-order valence-electron chi connectivity index (χ0n) is 11.9. The molecule has 4 atom stereocenters. The van der Waals surface area contributed by atoms with Gasteiger partial charge in [-0.1, -0.05) is 25.3 Å². The van der Waals surface area contributed by atoms with Gasteiger partial charge in [0.05, 0.1) is 23.7 Å². The summed E-state index contributed by atoms with van der Waals surface area (Å²) in [6.07, 6.45) is 13.2. The van der Waals surface area contributed by atoms with Crippen LogP contribution in [-0.4, -0.2) is 16.2 Å². The van der Waals surface area contributed by atoms with Gasteiger partial charge in [0.1, 0.15) is 0 Å². The van der Waals surface area contributed by atoms with Crippen molar-refractivity contribution in [3.8, 4) is 0 Å². The van der Waals surface area contributed by atoms with E-state index in [0.29, 0.717) is 11.6 Å². The number of fused-ring (bicyclic) bond motifs is 1. The summed E-state index contributed by atoms with van der Waals surface area (Å²) in [6, 6.07) is 3.83. The molecule has 1 aromatic rings. The number of aromatic nitrogens is 1. The predicted molar refractivity (Wildman–Crippen MR) is 81.9 cm³/mol. The molecule has 3 heteroatoms. The molecular formula is C17H24N2O. The highest BCUT2D eigenvalue weighted by molar-refractivity contribution is 5.48. The summed E-state index contributed by atoms with van der Waals surface area (Å²) in [5.74, 6) is 1.99. The molecule has 0 spiro atoms. The number of aliphatic hydroxyl groups is 1. The highest BCUT2D eigenvalue weighted by Crippen LogP contribution is 2.44. The molecule has 0 bridgehead atoms. The van der Waals surface area contributed by atoms with Crippen molar-refractivity contribution in [1.29, 1.82) is 0 Å². The zero-order valence-corrected chi connectivity index (χ0v) is 11.9. The molecule has 3 rings (SSSR count). The maximum Gasteiger partial charge on any atom is 0.0628 e. The third-order valence-electron chi connectivity index (χ3n) is 4.96. The van der Waals surface area contributed by atoms with E-state index in [4.69, 9.17) is 5.73 Å². The summed E-state index contributed by atoms with van der Waals surface area (Å²) in [5, 5.41) is 10.1. The molecule has 0 saturated heterocycles. The van der Waals surface area contributed by atoms with Gasteiger partial charge in [0, 0.05) is 0 Å². The van der Waals surface area contributed by atoms with Gasteiger partial charge in [-0.2, -0.15) is 0 Å². The number of rotatable bonds is 2. The van der Waals surface area contributed by atoms with Gasteiger partial charge in [-0.15, -0.1) is 0 Å². The average Bonchev–Trinajstić information content (AvgIpc) is 2.46. The number of nitrogens with two attached hydrogens (primary N) is 1. The highest BCUT2D eigenvalue weighted by atomic mass is 16.3. The van der Waals surface area contributed by atoms with Gasteiger partial charge in [0.15, 0.2) is 0 Å². The minimum Gasteiger partial charge on any atom is -0.397 e. The molecular weight excluding hydrogens is 248 g/mol. The van der Waals surface area contributed by atoms with Crippen LogP contribution in [0.3, 0.4) is 0 Å². The van der Waals surface area contributed by atoms with Crippen molar-refractivity contribution in [1.82, 2.24) is 4.98 Å². The van der Waals surface area contributed by atoms with Crippen LogP contribution in [0.4, 0.5) is 5.69 Å². The number of nitrogens with zero attached hydrogens (tertiary/aromatic N) is 1. The molecule has 3 N–H and O–H groups in total. The molecule has 1 aromatic heterocycles. The Morgan fingerprint density at radius 3 is 2.85 bits per heavy atom. The fourth-order valence-electron chi connectivity index (χ4n) is 3.99. The predicted octanol–water partition coefficient (Wildman–Crippen LogP) is 3.25. The molecule has 0 radical (unpaired) electrons. The Labute approximate surface area is 120 Å². The van der Waals surface area contributed by atoms with E-state index in [1.54, 1.807) is 6.20 Å². The van der Waals surface area contributed by atoms with Crippen LogP contribution < -0.4 is 5.73 Å². The first-order valence-corrected chi connectivity index (χ1v) is 7.80. The summed E-state index contributed by atoms with van der Waals surface area (Å²) in [4.78, 5) is 4.31. The second kappa shape index (κ2) is 5.96. The van der Waals surface area contributed by atoms with Crippen LogP contribution in [-0.2, 0) is 0 Å². The van der Waals surface area contributed by atoms with Crippen LogP contribution in [0.1, 0.15) is 44.2 Å². The first kappa shape index (κ1) is 13.6. The maximum atomic E-state index is 10.1. The molecule has 2 fully saturated rings. The number of nitrogen functional groups attached to an aromatic ring is 1. The second-order valence-corrected chi connectivity index (χ2v) is 6.37. The van der Waals surface area contributed by atoms with Gasteiger partial charge in [-0.25, -0.2) is 0 Å². The molecule has 108 valence electrons. The van der Waals surface area contributed by atoms with Gasteiger partial charge < -0.3 is 10.8 Å². The van der Waals surface area contributed by atoms with E-state index in [-0.39, 0.29) is 6.10 Å². The van der Waals surface area contributed by atoms with Gasteiger partial charge in [-0.3, -0.25) is 4.98 Å². The summed E-state index contributed by atoms with van der Waals surface area (Å²) < 4.78 is 0. The largest absolute Gasteiger partial charge is 0.397 e. The fourth-order valence-corrected chi connectivity index (χ4v) is 3.99. The monoisotopic (exact) mass is 272 g/mol. The van der Waals surface area contributed by atoms with E-state index in [2.05, 4.69) is 17.1 Å². The molecule has 2 aliphatic rings. The average molecular weight is 272 g/mol. The van der Waals surface area contributed by atoms with Crippen molar-refractivity contribution in [2.45, 2.75) is 44.6 Å². The SMILES string of the molecule is Nc1ccc(/C=C/[C@@H]2C[C@@H](O)C[C@@H]3CCCC[C@H]32)nc1. The van der Waals surface area contributed by atoms with Crippen LogP contribution in [0.15, 0.2) is 24.4 Å². The van der Waals surface area contributed by atoms with Crippen molar-refractivity contribution < 1.29 is 5.11 Å². The van der Waals surface area contributed by atoms with E-state index in [0.717, 1.165) is 30.4 Å². The molecule has 2 saturated carbocycles. The minimum atomic E-state index is -0.122. The van der Waals surface area contributed by atoms with Crippen LogP contribution in [0.2, 0.25) is 0 Å². The van der Waals surface area contributed by atoms with Crippen LogP contribution in [0, 0.1) is 17.8 Å². The summed E-state index contributed by atoms with van der Waals surface area (Å²) >= 11 is 0. The molecule has 1 heterocycles. The number of pyridine rings is 1. The second-order valence-electron chi connectivity index (χ2n) is 6.37. The van der Waals surface area contributed by atoms with Crippen LogP contribution in [0.5, 0.6) is 0 Å². The Balaban J connectivity index is 1.72. The molecule has 2 aliphatic carbocycles.